The molecule has 1 aromatic rings. The van der Waals surface area contributed by atoms with Crippen LogP contribution in [0.1, 0.15) is 24.8 Å². The molecule has 0 atom stereocenters. The van der Waals surface area contributed by atoms with E-state index in [9.17, 15) is 9.90 Å². The van der Waals surface area contributed by atoms with Crippen molar-refractivity contribution in [3.05, 3.63) is 36.4 Å². The fourth-order valence-electron chi connectivity index (χ4n) is 2.30. The lowest BCUT2D eigenvalue weighted by Crippen LogP contribution is -2.44. The molecule has 108 valence electrons. The topological polar surface area (TPSA) is 64.6 Å². The number of amides is 1. The van der Waals surface area contributed by atoms with Crippen molar-refractivity contribution < 1.29 is 9.90 Å². The Labute approximate surface area is 119 Å². The highest BCUT2D eigenvalue weighted by Crippen LogP contribution is 2.20. The summed E-state index contributed by atoms with van der Waals surface area (Å²) in [6, 6.07) is 6.86. The van der Waals surface area contributed by atoms with Gasteiger partial charge in [-0.15, -0.1) is 0 Å². The van der Waals surface area contributed by atoms with Crippen molar-refractivity contribution in [3.63, 3.8) is 0 Å². The van der Waals surface area contributed by atoms with E-state index in [4.69, 9.17) is 0 Å². The number of nitrogens with one attached hydrogen (secondary N) is 2. The largest absolute Gasteiger partial charge is 0.507 e. The predicted octanol–water partition coefficient (Wildman–Crippen LogP) is 1.47. The molecule has 1 saturated heterocycles. The Balaban J connectivity index is 1.78. The molecular weight excluding hydrogens is 254 g/mol. The number of carbonyl (C=O) groups is 1. The average molecular weight is 275 g/mol. The summed E-state index contributed by atoms with van der Waals surface area (Å²) in [7, 11) is 0. The van der Waals surface area contributed by atoms with Crippen LogP contribution in [0.5, 0.6) is 5.75 Å². The normalized spacial score (nSPS) is 15.6. The van der Waals surface area contributed by atoms with Crippen LogP contribution in [-0.4, -0.2) is 35.5 Å². The molecule has 0 unspecified atom stereocenters. The van der Waals surface area contributed by atoms with E-state index in [1.165, 1.54) is 6.42 Å². The summed E-state index contributed by atoms with van der Waals surface area (Å²) < 4.78 is 0. The zero-order chi connectivity index (χ0) is 14.4. The number of benzene rings is 1. The smallest absolute Gasteiger partial charge is 0.252 e. The first-order chi connectivity index (χ1) is 9.66. The summed E-state index contributed by atoms with van der Waals surface area (Å²) in [4.78, 5) is 14.0. The van der Waals surface area contributed by atoms with Gasteiger partial charge in [-0.2, -0.15) is 0 Å². The molecule has 1 heterocycles. The number of rotatable bonds is 5. The second kappa shape index (κ2) is 6.96. The Bertz CT molecular complexity index is 482. The van der Waals surface area contributed by atoms with Crippen LogP contribution in [0, 0.1) is 0 Å². The van der Waals surface area contributed by atoms with E-state index in [-0.39, 0.29) is 11.7 Å². The van der Waals surface area contributed by atoms with Crippen molar-refractivity contribution in [2.45, 2.75) is 19.3 Å². The highest BCUT2D eigenvalue weighted by molar-refractivity contribution is 5.79. The van der Waals surface area contributed by atoms with Crippen LogP contribution in [0.4, 0.5) is 0 Å². The molecule has 5 nitrogen and oxygen atoms in total. The van der Waals surface area contributed by atoms with Gasteiger partial charge in [-0.3, -0.25) is 20.5 Å². The number of nitrogens with zero attached hydrogens (tertiary/aromatic N) is 1. The summed E-state index contributed by atoms with van der Waals surface area (Å²) >= 11 is 0. The minimum absolute atomic E-state index is 0.0940. The number of aromatic hydroxyl groups is 1. The van der Waals surface area contributed by atoms with E-state index in [2.05, 4.69) is 22.3 Å². The number of para-hydroxylation sites is 1. The van der Waals surface area contributed by atoms with E-state index >= 15 is 0 Å². The summed E-state index contributed by atoms with van der Waals surface area (Å²) in [6.45, 7) is 6.16. The summed E-state index contributed by atoms with van der Waals surface area (Å²) in [5.41, 5.74) is 6.41. The fourth-order valence-corrected chi connectivity index (χ4v) is 2.30. The highest BCUT2D eigenvalue weighted by Gasteiger charge is 2.13. The van der Waals surface area contributed by atoms with E-state index < -0.39 is 0 Å². The molecule has 0 aromatic heterocycles. The Morgan fingerprint density at radius 2 is 1.90 bits per heavy atom. The zero-order valence-corrected chi connectivity index (χ0v) is 11.6. The second-order valence-corrected chi connectivity index (χ2v) is 5.01. The Morgan fingerprint density at radius 3 is 2.60 bits per heavy atom. The molecule has 0 bridgehead atoms. The van der Waals surface area contributed by atoms with Gasteiger partial charge >= 0.3 is 0 Å². The molecule has 2 rings (SSSR count). The standard InChI is InChI=1S/C15H21N3O2/c1-12(13-7-3-4-8-14(13)19)16-17-15(20)11-18-9-5-2-6-10-18/h3-4,7-8,16,19H,1-2,5-6,9-11H2,(H,17,20). The molecule has 1 aromatic carbocycles. The molecule has 20 heavy (non-hydrogen) atoms. The third kappa shape index (κ3) is 3.99. The van der Waals surface area contributed by atoms with Crippen molar-refractivity contribution in [3.8, 4) is 5.75 Å². The maximum absolute atomic E-state index is 11.8. The Hall–Kier alpha value is -2.01. The van der Waals surface area contributed by atoms with Gasteiger partial charge in [0.15, 0.2) is 0 Å². The second-order valence-electron chi connectivity index (χ2n) is 5.01. The molecule has 1 amide bonds. The van der Waals surface area contributed by atoms with Gasteiger partial charge in [0.1, 0.15) is 5.75 Å². The van der Waals surface area contributed by atoms with Gasteiger partial charge in [-0.05, 0) is 38.1 Å². The maximum Gasteiger partial charge on any atom is 0.252 e. The van der Waals surface area contributed by atoms with Crippen LogP contribution in [-0.2, 0) is 4.79 Å². The molecule has 5 heteroatoms. The molecule has 1 fully saturated rings. The number of hydrogen-bond donors (Lipinski definition) is 3. The molecule has 0 radical (unpaired) electrons. The number of likely N-dealkylation sites (tertiary alicyclic amines) is 1. The third-order valence-electron chi connectivity index (χ3n) is 3.40. The quantitative estimate of drug-likeness (QED) is 0.712. The molecule has 1 aliphatic heterocycles. The van der Waals surface area contributed by atoms with Crippen LogP contribution >= 0.6 is 0 Å². The molecular formula is C15H21N3O2. The zero-order valence-electron chi connectivity index (χ0n) is 11.6. The first kappa shape index (κ1) is 14.4. The number of piperidine rings is 1. The average Bonchev–Trinajstić information content (AvgIpc) is 2.46. The van der Waals surface area contributed by atoms with Gasteiger partial charge < -0.3 is 5.11 Å². The van der Waals surface area contributed by atoms with Crippen molar-refractivity contribution in [2.24, 2.45) is 0 Å². The van der Waals surface area contributed by atoms with Gasteiger partial charge in [-0.25, -0.2) is 0 Å². The van der Waals surface area contributed by atoms with Crippen LogP contribution in [0.15, 0.2) is 30.8 Å². The summed E-state index contributed by atoms with van der Waals surface area (Å²) in [6.07, 6.45) is 3.57. The number of phenols is 1. The van der Waals surface area contributed by atoms with Crippen LogP contribution in [0.2, 0.25) is 0 Å². The van der Waals surface area contributed by atoms with E-state index in [0.29, 0.717) is 17.8 Å². The summed E-state index contributed by atoms with van der Waals surface area (Å²) in [5.74, 6) is 0.0405. The monoisotopic (exact) mass is 275 g/mol. The highest BCUT2D eigenvalue weighted by atomic mass is 16.3. The van der Waals surface area contributed by atoms with E-state index in [0.717, 1.165) is 25.9 Å². The lowest BCUT2D eigenvalue weighted by molar-refractivity contribution is -0.123. The fraction of sp³-hybridized carbons (Fsp3) is 0.400. The van der Waals surface area contributed by atoms with Gasteiger partial charge in [-0.1, -0.05) is 25.1 Å². The molecule has 0 aliphatic carbocycles. The number of hydrogen-bond acceptors (Lipinski definition) is 4. The minimum atomic E-state index is -0.0940. The van der Waals surface area contributed by atoms with Gasteiger partial charge in [0.05, 0.1) is 12.2 Å². The Morgan fingerprint density at radius 1 is 1.20 bits per heavy atom. The van der Waals surface area contributed by atoms with Crippen molar-refractivity contribution in [1.29, 1.82) is 0 Å². The third-order valence-corrected chi connectivity index (χ3v) is 3.40. The number of carbonyl (C=O) groups excluding carboxylic acids is 1. The van der Waals surface area contributed by atoms with Crippen LogP contribution < -0.4 is 10.9 Å². The molecule has 3 N–H and O–H groups in total. The lowest BCUT2D eigenvalue weighted by atomic mass is 10.1. The molecule has 0 spiro atoms. The first-order valence-electron chi connectivity index (χ1n) is 6.91. The van der Waals surface area contributed by atoms with Gasteiger partial charge in [0.2, 0.25) is 0 Å². The maximum atomic E-state index is 11.8. The number of phenolic OH excluding ortho intramolecular Hbond substituents is 1. The van der Waals surface area contributed by atoms with Gasteiger partial charge in [0, 0.05) is 5.56 Å². The van der Waals surface area contributed by atoms with E-state index in [1.807, 2.05) is 0 Å². The van der Waals surface area contributed by atoms with E-state index in [1.54, 1.807) is 24.3 Å². The number of hydrazine groups is 1. The van der Waals surface area contributed by atoms with Crippen LogP contribution in [0.25, 0.3) is 5.70 Å². The lowest BCUT2D eigenvalue weighted by Gasteiger charge is -2.25. The van der Waals surface area contributed by atoms with Crippen molar-refractivity contribution >= 4 is 11.6 Å². The first-order valence-corrected chi connectivity index (χ1v) is 6.91. The molecule has 0 saturated carbocycles. The van der Waals surface area contributed by atoms with Crippen molar-refractivity contribution in [1.82, 2.24) is 15.8 Å². The van der Waals surface area contributed by atoms with Gasteiger partial charge in [0.25, 0.3) is 5.91 Å². The van der Waals surface area contributed by atoms with Crippen molar-refractivity contribution in [2.75, 3.05) is 19.6 Å². The minimum Gasteiger partial charge on any atom is -0.507 e. The predicted molar refractivity (Wildman–Crippen MR) is 78.7 cm³/mol. The SMILES string of the molecule is C=C(NNC(=O)CN1CCCCC1)c1ccccc1O. The Kier molecular flexibility index (Phi) is 5.01. The summed E-state index contributed by atoms with van der Waals surface area (Å²) in [5, 5.41) is 9.69. The molecule has 1 aliphatic rings. The van der Waals surface area contributed by atoms with Crippen LogP contribution in [0.3, 0.4) is 0 Å².